The summed E-state index contributed by atoms with van der Waals surface area (Å²) in [6.07, 6.45) is 10.6. The molecule has 0 saturated heterocycles. The van der Waals surface area contributed by atoms with Gasteiger partial charge in [-0.15, -0.1) is 0 Å². The first-order valence-corrected chi connectivity index (χ1v) is 5.44. The normalized spacial score (nSPS) is 19.5. The molecule has 1 aliphatic carbocycles. The van der Waals surface area contributed by atoms with Crippen molar-refractivity contribution in [2.75, 3.05) is 6.61 Å². The second-order valence-corrected chi connectivity index (χ2v) is 4.32. The van der Waals surface area contributed by atoms with E-state index in [0.717, 1.165) is 0 Å². The summed E-state index contributed by atoms with van der Waals surface area (Å²) >= 11 is 0. The van der Waals surface area contributed by atoms with Crippen molar-refractivity contribution in [3.63, 3.8) is 0 Å². The van der Waals surface area contributed by atoms with Gasteiger partial charge < -0.3 is 5.11 Å². The Morgan fingerprint density at radius 2 is 1.75 bits per heavy atom. The Balaban J connectivity index is 1.89. The number of hydrogen-bond donors (Lipinski definition) is 1. The molecule has 0 aromatic rings. The van der Waals surface area contributed by atoms with Crippen LogP contribution in [-0.2, 0) is 0 Å². The van der Waals surface area contributed by atoms with Crippen LogP contribution in [0.2, 0.25) is 0 Å². The van der Waals surface area contributed by atoms with Gasteiger partial charge in [0.15, 0.2) is 0 Å². The predicted octanol–water partition coefficient (Wildman–Crippen LogP) is 3.12. The molecule has 1 heteroatoms. The molecule has 1 aliphatic rings. The van der Waals surface area contributed by atoms with Crippen molar-refractivity contribution in [2.24, 2.45) is 5.41 Å². The Kier molecular flexibility index (Phi) is 4.07. The van der Waals surface area contributed by atoms with Crippen LogP contribution in [0.25, 0.3) is 0 Å². The fourth-order valence-electron chi connectivity index (χ4n) is 1.77. The van der Waals surface area contributed by atoms with Crippen LogP contribution in [0, 0.1) is 5.41 Å². The summed E-state index contributed by atoms with van der Waals surface area (Å²) < 4.78 is 0. The van der Waals surface area contributed by atoms with Crippen LogP contribution >= 0.6 is 0 Å². The molecular weight excluding hydrogens is 148 g/mol. The van der Waals surface area contributed by atoms with Gasteiger partial charge >= 0.3 is 0 Å². The van der Waals surface area contributed by atoms with Crippen molar-refractivity contribution in [1.82, 2.24) is 0 Å². The van der Waals surface area contributed by atoms with Gasteiger partial charge in [0.2, 0.25) is 0 Å². The summed E-state index contributed by atoms with van der Waals surface area (Å²) in [5, 5.41) is 9.06. The highest BCUT2D eigenvalue weighted by atomic mass is 16.3. The molecule has 1 saturated carbocycles. The van der Waals surface area contributed by atoms with E-state index >= 15 is 0 Å². The molecule has 0 aromatic heterocycles. The summed E-state index contributed by atoms with van der Waals surface area (Å²) in [5.74, 6) is 0. The molecule has 0 unspecified atom stereocenters. The summed E-state index contributed by atoms with van der Waals surface area (Å²) in [6.45, 7) is 2.68. The number of hydrogen-bond acceptors (Lipinski definition) is 1. The minimum Gasteiger partial charge on any atom is -0.396 e. The maximum Gasteiger partial charge on any atom is 0.0487 e. The first-order chi connectivity index (χ1) is 5.83. The topological polar surface area (TPSA) is 20.2 Å². The zero-order valence-corrected chi connectivity index (χ0v) is 8.31. The lowest BCUT2D eigenvalue weighted by Gasteiger charge is -2.10. The molecule has 0 aliphatic heterocycles. The van der Waals surface area contributed by atoms with Crippen LogP contribution in [0.1, 0.15) is 58.3 Å². The van der Waals surface area contributed by atoms with Crippen molar-refractivity contribution in [1.29, 1.82) is 0 Å². The molecule has 0 atom stereocenters. The second kappa shape index (κ2) is 4.86. The molecule has 0 amide bonds. The van der Waals surface area contributed by atoms with Crippen LogP contribution in [0.4, 0.5) is 0 Å². The van der Waals surface area contributed by atoms with E-state index in [2.05, 4.69) is 6.92 Å². The van der Waals surface area contributed by atoms with E-state index in [-0.39, 0.29) is 0 Å². The molecule has 1 fully saturated rings. The van der Waals surface area contributed by atoms with Gasteiger partial charge in [-0.1, -0.05) is 39.0 Å². The fourth-order valence-corrected chi connectivity index (χ4v) is 1.77. The molecule has 0 heterocycles. The maximum atomic E-state index is 9.06. The Labute approximate surface area is 76.2 Å². The van der Waals surface area contributed by atoms with Gasteiger partial charge in [-0.25, -0.2) is 0 Å². The lowest BCUT2D eigenvalue weighted by atomic mass is 9.99. The highest BCUT2D eigenvalue weighted by Crippen LogP contribution is 2.49. The van der Waals surface area contributed by atoms with Gasteiger partial charge in [0.25, 0.3) is 0 Å². The number of unbranched alkanes of at least 4 members (excludes halogenated alkanes) is 4. The van der Waals surface area contributed by atoms with Crippen molar-refractivity contribution >= 4 is 0 Å². The molecule has 0 aromatic carbocycles. The monoisotopic (exact) mass is 170 g/mol. The van der Waals surface area contributed by atoms with Crippen molar-refractivity contribution in [3.8, 4) is 0 Å². The van der Waals surface area contributed by atoms with Gasteiger partial charge in [-0.2, -0.15) is 0 Å². The molecule has 0 bridgehead atoms. The first-order valence-electron chi connectivity index (χ1n) is 5.44. The number of rotatable bonds is 7. The largest absolute Gasteiger partial charge is 0.396 e. The molecule has 1 nitrogen and oxygen atoms in total. The molecule has 1 rings (SSSR count). The molecule has 12 heavy (non-hydrogen) atoms. The minimum absolute atomic E-state index is 0.395. The Hall–Kier alpha value is -0.0400. The highest BCUT2D eigenvalue weighted by molar-refractivity contribution is 4.91. The third-order valence-electron chi connectivity index (χ3n) is 3.10. The summed E-state index contributed by atoms with van der Waals surface area (Å²) in [5.41, 5.74) is 0.395. The van der Waals surface area contributed by atoms with E-state index in [1.807, 2.05) is 0 Å². The van der Waals surface area contributed by atoms with E-state index < -0.39 is 0 Å². The fraction of sp³-hybridized carbons (Fsp3) is 1.00. The zero-order valence-electron chi connectivity index (χ0n) is 8.31. The Morgan fingerprint density at radius 1 is 1.08 bits per heavy atom. The van der Waals surface area contributed by atoms with E-state index in [1.165, 1.54) is 51.4 Å². The van der Waals surface area contributed by atoms with E-state index in [1.54, 1.807) is 0 Å². The highest BCUT2D eigenvalue weighted by Gasteiger charge is 2.40. The predicted molar refractivity (Wildman–Crippen MR) is 52.1 cm³/mol. The zero-order chi connectivity index (χ0) is 8.86. The maximum absolute atomic E-state index is 9.06. The van der Waals surface area contributed by atoms with Gasteiger partial charge in [-0.05, 0) is 24.7 Å². The van der Waals surface area contributed by atoms with Gasteiger partial charge in [-0.3, -0.25) is 0 Å². The molecule has 0 radical (unpaired) electrons. The second-order valence-electron chi connectivity index (χ2n) is 4.32. The molecule has 0 spiro atoms. The average Bonchev–Trinajstić information content (AvgIpc) is 2.85. The van der Waals surface area contributed by atoms with E-state index in [4.69, 9.17) is 5.11 Å². The van der Waals surface area contributed by atoms with Crippen LogP contribution < -0.4 is 0 Å². The quantitative estimate of drug-likeness (QED) is 0.582. The summed E-state index contributed by atoms with van der Waals surface area (Å²) in [4.78, 5) is 0. The van der Waals surface area contributed by atoms with Crippen LogP contribution in [-0.4, -0.2) is 11.7 Å². The Bertz CT molecular complexity index is 116. The van der Waals surface area contributed by atoms with Crippen LogP contribution in [0.15, 0.2) is 0 Å². The number of aliphatic hydroxyl groups excluding tert-OH is 1. The third kappa shape index (κ3) is 3.14. The molecule has 1 N–H and O–H groups in total. The minimum atomic E-state index is 0.395. The molecular formula is C11H22O. The summed E-state index contributed by atoms with van der Waals surface area (Å²) in [7, 11) is 0. The Morgan fingerprint density at radius 3 is 2.25 bits per heavy atom. The van der Waals surface area contributed by atoms with Gasteiger partial charge in [0.1, 0.15) is 0 Å². The van der Waals surface area contributed by atoms with Gasteiger partial charge in [0.05, 0.1) is 0 Å². The smallest absolute Gasteiger partial charge is 0.0487 e. The third-order valence-corrected chi connectivity index (χ3v) is 3.10. The van der Waals surface area contributed by atoms with Crippen molar-refractivity contribution in [2.45, 2.75) is 58.3 Å². The average molecular weight is 170 g/mol. The van der Waals surface area contributed by atoms with Gasteiger partial charge in [0, 0.05) is 6.61 Å². The van der Waals surface area contributed by atoms with E-state index in [9.17, 15) is 0 Å². The van der Waals surface area contributed by atoms with Crippen LogP contribution in [0.3, 0.4) is 0 Å². The standard InChI is InChI=1S/C11H22O/c1-2-3-4-5-6-7-11(10-12)8-9-11/h12H,2-10H2,1H3. The molecule has 72 valence electrons. The number of aliphatic hydroxyl groups is 1. The van der Waals surface area contributed by atoms with Crippen molar-refractivity contribution < 1.29 is 5.11 Å². The van der Waals surface area contributed by atoms with Crippen LogP contribution in [0.5, 0.6) is 0 Å². The lowest BCUT2D eigenvalue weighted by Crippen LogP contribution is -2.05. The van der Waals surface area contributed by atoms with Crippen molar-refractivity contribution in [3.05, 3.63) is 0 Å². The summed E-state index contributed by atoms with van der Waals surface area (Å²) in [6, 6.07) is 0. The van der Waals surface area contributed by atoms with E-state index in [0.29, 0.717) is 12.0 Å². The SMILES string of the molecule is CCCCCCCC1(CO)CC1. The lowest BCUT2D eigenvalue weighted by molar-refractivity contribution is 0.200. The first kappa shape index (κ1) is 10.0.